The highest BCUT2D eigenvalue weighted by molar-refractivity contribution is 7.89. The summed E-state index contributed by atoms with van der Waals surface area (Å²) in [5.74, 6) is 0.104. The Morgan fingerprint density at radius 3 is 2.52 bits per heavy atom. The van der Waals surface area contributed by atoms with Gasteiger partial charge in [-0.3, -0.25) is 10.00 Å². The number of aromatic nitrogens is 2. The summed E-state index contributed by atoms with van der Waals surface area (Å²) in [6, 6.07) is 1.43. The third-order valence-electron chi connectivity index (χ3n) is 3.86. The molecule has 1 saturated heterocycles. The van der Waals surface area contributed by atoms with Crippen LogP contribution in [0.1, 0.15) is 13.8 Å². The monoisotopic (exact) mass is 316 g/mol. The van der Waals surface area contributed by atoms with E-state index in [4.69, 9.17) is 10.9 Å². The van der Waals surface area contributed by atoms with Crippen molar-refractivity contribution in [1.29, 1.82) is 0 Å². The van der Waals surface area contributed by atoms with Crippen molar-refractivity contribution in [2.75, 3.05) is 26.2 Å². The van der Waals surface area contributed by atoms with E-state index < -0.39 is 15.6 Å². The lowest BCUT2D eigenvalue weighted by atomic mass is 10.0. The summed E-state index contributed by atoms with van der Waals surface area (Å²) in [4.78, 5) is 1.99. The Morgan fingerprint density at radius 1 is 1.43 bits per heavy atom. The first kappa shape index (κ1) is 15.7. The Hall–Kier alpha value is -1.65. The normalized spacial score (nSPS) is 19.8. The van der Waals surface area contributed by atoms with Crippen molar-refractivity contribution in [2.45, 2.75) is 24.4 Å². The average molecular weight is 316 g/mol. The number of nitrogens with one attached hydrogen (secondary N) is 1. The van der Waals surface area contributed by atoms with Crippen molar-refractivity contribution in [3.8, 4) is 0 Å². The first-order valence-electron chi connectivity index (χ1n) is 6.52. The summed E-state index contributed by atoms with van der Waals surface area (Å²) in [7, 11) is -3.54. The lowest BCUT2D eigenvalue weighted by Gasteiger charge is -2.42. The highest BCUT2D eigenvalue weighted by Gasteiger charge is 2.37. The molecule has 1 aromatic heterocycles. The lowest BCUT2D eigenvalue weighted by molar-refractivity contribution is 0.119. The second-order valence-corrected chi connectivity index (χ2v) is 7.26. The Bertz CT molecular complexity index is 602. The van der Waals surface area contributed by atoms with Crippen LogP contribution in [0.2, 0.25) is 0 Å². The van der Waals surface area contributed by atoms with Gasteiger partial charge < -0.3 is 10.9 Å². The summed E-state index contributed by atoms with van der Waals surface area (Å²) in [5, 5.41) is 18.1. The molecule has 2 heterocycles. The Balaban J connectivity index is 2.08. The van der Waals surface area contributed by atoms with Crippen LogP contribution < -0.4 is 5.73 Å². The van der Waals surface area contributed by atoms with Gasteiger partial charge in [-0.25, -0.2) is 8.42 Å². The van der Waals surface area contributed by atoms with Crippen LogP contribution >= 0.6 is 0 Å². The zero-order valence-corrected chi connectivity index (χ0v) is 12.8. The summed E-state index contributed by atoms with van der Waals surface area (Å²) >= 11 is 0. The van der Waals surface area contributed by atoms with Crippen molar-refractivity contribution in [3.63, 3.8) is 0 Å². The number of nitrogens with zero attached hydrogens (tertiary/aromatic N) is 4. The molecule has 2 rings (SSSR count). The lowest BCUT2D eigenvalue weighted by Crippen LogP contribution is -2.60. The quantitative estimate of drug-likeness (QED) is 0.290. The average Bonchev–Trinajstić information content (AvgIpc) is 3.01. The molecule has 4 N–H and O–H groups in total. The fourth-order valence-electron chi connectivity index (χ4n) is 2.30. The number of nitrogens with two attached hydrogens (primary N) is 1. The number of sulfonamides is 1. The fourth-order valence-corrected chi connectivity index (χ4v) is 3.62. The largest absolute Gasteiger partial charge is 0.409 e. The van der Waals surface area contributed by atoms with Crippen LogP contribution in [-0.2, 0) is 10.0 Å². The van der Waals surface area contributed by atoms with Crippen molar-refractivity contribution >= 4 is 15.9 Å². The predicted molar refractivity (Wildman–Crippen MR) is 76.4 cm³/mol. The maximum absolute atomic E-state index is 12.3. The maximum atomic E-state index is 12.3. The molecule has 21 heavy (non-hydrogen) atoms. The molecule has 10 heteroatoms. The molecule has 0 unspecified atom stereocenters. The van der Waals surface area contributed by atoms with E-state index in [-0.39, 0.29) is 10.9 Å². The minimum absolute atomic E-state index is 0.0895. The summed E-state index contributed by atoms with van der Waals surface area (Å²) in [6.45, 7) is 5.34. The molecule has 0 aromatic carbocycles. The van der Waals surface area contributed by atoms with Gasteiger partial charge in [-0.2, -0.15) is 9.40 Å². The molecular weight excluding hydrogens is 296 g/mol. The van der Waals surface area contributed by atoms with Gasteiger partial charge in [0.05, 0.1) is 11.7 Å². The third-order valence-corrected chi connectivity index (χ3v) is 5.68. The predicted octanol–water partition coefficient (Wildman–Crippen LogP) is -0.759. The Labute approximate surface area is 123 Å². The molecule has 1 fully saturated rings. The zero-order valence-electron chi connectivity index (χ0n) is 12.0. The number of oxime groups is 1. The molecule has 0 aliphatic carbocycles. The number of hydrogen-bond donors (Lipinski definition) is 3. The summed E-state index contributed by atoms with van der Waals surface area (Å²) in [5.41, 5.74) is 5.07. The maximum Gasteiger partial charge on any atom is 0.260 e. The molecule has 0 atom stereocenters. The van der Waals surface area contributed by atoms with Crippen LogP contribution in [-0.4, -0.2) is 70.6 Å². The number of aromatic amines is 1. The zero-order chi connectivity index (χ0) is 15.7. The number of rotatable bonds is 4. The molecule has 118 valence electrons. The van der Waals surface area contributed by atoms with Crippen LogP contribution in [0.25, 0.3) is 0 Å². The van der Waals surface area contributed by atoms with Gasteiger partial charge >= 0.3 is 0 Å². The second kappa shape index (κ2) is 5.62. The number of hydrogen-bond acceptors (Lipinski definition) is 6. The van der Waals surface area contributed by atoms with Gasteiger partial charge in [0.1, 0.15) is 0 Å². The van der Waals surface area contributed by atoms with Gasteiger partial charge in [-0.15, -0.1) is 0 Å². The van der Waals surface area contributed by atoms with E-state index in [1.165, 1.54) is 16.6 Å². The van der Waals surface area contributed by atoms with Gasteiger partial charge in [0, 0.05) is 26.2 Å². The van der Waals surface area contributed by atoms with E-state index >= 15 is 0 Å². The minimum atomic E-state index is -3.54. The van der Waals surface area contributed by atoms with Crippen LogP contribution in [0, 0.1) is 0 Å². The smallest absolute Gasteiger partial charge is 0.260 e. The van der Waals surface area contributed by atoms with Crippen LogP contribution in [0.15, 0.2) is 22.4 Å². The molecular formula is C11H20N6O3S. The first-order valence-corrected chi connectivity index (χ1v) is 7.96. The van der Waals surface area contributed by atoms with Crippen LogP contribution in [0.3, 0.4) is 0 Å². The van der Waals surface area contributed by atoms with Crippen molar-refractivity contribution in [2.24, 2.45) is 10.9 Å². The fraction of sp³-hybridized carbons (Fsp3) is 0.636. The molecule has 0 bridgehead atoms. The van der Waals surface area contributed by atoms with Crippen molar-refractivity contribution < 1.29 is 13.6 Å². The molecule has 0 radical (unpaired) electrons. The van der Waals surface area contributed by atoms with Gasteiger partial charge in [0.15, 0.2) is 10.9 Å². The second-order valence-electron chi connectivity index (χ2n) is 5.36. The van der Waals surface area contributed by atoms with E-state index in [1.54, 1.807) is 0 Å². The van der Waals surface area contributed by atoms with E-state index in [0.29, 0.717) is 26.2 Å². The molecule has 0 spiro atoms. The SMILES string of the molecule is CC(C)(C(N)=NO)N1CCN(S(=O)(=O)c2ccn[nH]2)CC1. The van der Waals surface area contributed by atoms with Crippen molar-refractivity contribution in [3.05, 3.63) is 12.3 Å². The molecule has 1 aliphatic heterocycles. The van der Waals surface area contributed by atoms with E-state index in [2.05, 4.69) is 15.4 Å². The van der Waals surface area contributed by atoms with Gasteiger partial charge in [-0.05, 0) is 19.9 Å². The van der Waals surface area contributed by atoms with Gasteiger partial charge in [-0.1, -0.05) is 5.16 Å². The molecule has 9 nitrogen and oxygen atoms in total. The highest BCUT2D eigenvalue weighted by atomic mass is 32.2. The minimum Gasteiger partial charge on any atom is -0.409 e. The molecule has 1 aromatic rings. The van der Waals surface area contributed by atoms with E-state index in [1.807, 2.05) is 18.7 Å². The Morgan fingerprint density at radius 2 is 2.05 bits per heavy atom. The Kier molecular flexibility index (Phi) is 4.21. The van der Waals surface area contributed by atoms with Gasteiger partial charge in [0.2, 0.25) is 0 Å². The highest BCUT2D eigenvalue weighted by Crippen LogP contribution is 2.20. The van der Waals surface area contributed by atoms with Crippen LogP contribution in [0.5, 0.6) is 0 Å². The summed E-state index contributed by atoms with van der Waals surface area (Å²) in [6.07, 6.45) is 1.41. The summed E-state index contributed by atoms with van der Waals surface area (Å²) < 4.78 is 26.1. The standard InChI is InChI=1S/C11H20N6O3S/c1-11(2,10(12)15-18)16-5-7-17(8-6-16)21(19,20)9-3-4-13-14-9/h3-4,18H,5-8H2,1-2H3,(H2,12,15)(H,13,14). The van der Waals surface area contributed by atoms with E-state index in [0.717, 1.165) is 0 Å². The number of piperazine rings is 1. The molecule has 0 saturated carbocycles. The van der Waals surface area contributed by atoms with Crippen molar-refractivity contribution in [1.82, 2.24) is 19.4 Å². The molecule has 1 aliphatic rings. The van der Waals surface area contributed by atoms with Crippen LogP contribution in [0.4, 0.5) is 0 Å². The van der Waals surface area contributed by atoms with E-state index in [9.17, 15) is 8.42 Å². The number of H-pyrrole nitrogens is 1. The molecule has 0 amide bonds. The third kappa shape index (κ3) is 2.87. The first-order chi connectivity index (χ1) is 9.80. The van der Waals surface area contributed by atoms with Gasteiger partial charge in [0.25, 0.3) is 10.0 Å². The number of amidine groups is 1. The topological polar surface area (TPSA) is 128 Å².